The van der Waals surface area contributed by atoms with Gasteiger partial charge in [-0.2, -0.15) is 0 Å². The molecule has 23 heavy (non-hydrogen) atoms. The summed E-state index contributed by atoms with van der Waals surface area (Å²) in [7, 11) is 2.03. The summed E-state index contributed by atoms with van der Waals surface area (Å²) in [6, 6.07) is 9.34. The van der Waals surface area contributed by atoms with Gasteiger partial charge < -0.3 is 10.1 Å². The second-order valence-electron chi connectivity index (χ2n) is 5.65. The van der Waals surface area contributed by atoms with Crippen LogP contribution in [0.4, 0.5) is 5.69 Å². The summed E-state index contributed by atoms with van der Waals surface area (Å²) in [6.45, 7) is 2.42. The first-order chi connectivity index (χ1) is 11.2. The first kappa shape index (κ1) is 16.0. The lowest BCUT2D eigenvalue weighted by Gasteiger charge is -2.18. The molecule has 1 saturated heterocycles. The summed E-state index contributed by atoms with van der Waals surface area (Å²) in [5.74, 6) is -0.221. The number of hydrogen-bond donors (Lipinski definition) is 1. The maximum atomic E-state index is 12.2. The van der Waals surface area contributed by atoms with Gasteiger partial charge in [-0.25, -0.2) is 0 Å². The van der Waals surface area contributed by atoms with Gasteiger partial charge in [0.1, 0.15) is 5.01 Å². The fourth-order valence-electron chi connectivity index (χ4n) is 2.55. The van der Waals surface area contributed by atoms with Gasteiger partial charge in [0.2, 0.25) is 5.01 Å². The van der Waals surface area contributed by atoms with Gasteiger partial charge in [0.15, 0.2) is 0 Å². The minimum Gasteiger partial charge on any atom is -0.377 e. The monoisotopic (exact) mass is 332 g/mol. The van der Waals surface area contributed by atoms with Gasteiger partial charge in [-0.05, 0) is 32.0 Å². The number of amides is 1. The normalized spacial score (nSPS) is 17.6. The highest BCUT2D eigenvalue weighted by molar-refractivity contribution is 7.13. The smallest absolute Gasteiger partial charge is 0.286 e. The Morgan fingerprint density at radius 3 is 2.96 bits per heavy atom. The number of nitrogens with one attached hydrogen (secondary N) is 1. The van der Waals surface area contributed by atoms with Gasteiger partial charge in [-0.3, -0.25) is 9.69 Å². The number of aromatic nitrogens is 2. The van der Waals surface area contributed by atoms with Crippen LogP contribution in [-0.2, 0) is 11.3 Å². The second-order valence-corrected chi connectivity index (χ2v) is 6.71. The first-order valence-electron chi connectivity index (χ1n) is 7.69. The number of carbonyl (C=O) groups excluding carboxylic acids is 1. The Balaban J connectivity index is 1.53. The highest BCUT2D eigenvalue weighted by Crippen LogP contribution is 2.17. The Hall–Kier alpha value is -1.83. The van der Waals surface area contributed by atoms with E-state index in [9.17, 15) is 4.79 Å². The van der Waals surface area contributed by atoms with E-state index in [1.54, 1.807) is 0 Å². The molecule has 0 aliphatic carbocycles. The van der Waals surface area contributed by atoms with E-state index in [4.69, 9.17) is 4.74 Å². The van der Waals surface area contributed by atoms with Crippen LogP contribution >= 0.6 is 11.3 Å². The topological polar surface area (TPSA) is 67.4 Å². The van der Waals surface area contributed by atoms with E-state index in [0.717, 1.165) is 36.7 Å². The number of hydrogen-bond acceptors (Lipinski definition) is 6. The summed E-state index contributed by atoms with van der Waals surface area (Å²) < 4.78 is 5.63. The molecule has 2 heterocycles. The lowest BCUT2D eigenvalue weighted by atomic mass is 10.2. The minimum absolute atomic E-state index is 0.221. The van der Waals surface area contributed by atoms with Gasteiger partial charge in [0, 0.05) is 18.8 Å². The lowest BCUT2D eigenvalue weighted by Crippen LogP contribution is -2.28. The molecule has 122 valence electrons. The molecule has 0 saturated carbocycles. The Morgan fingerprint density at radius 2 is 2.22 bits per heavy atom. The second kappa shape index (κ2) is 7.63. The van der Waals surface area contributed by atoms with Crippen molar-refractivity contribution in [3.63, 3.8) is 0 Å². The minimum atomic E-state index is -0.221. The summed E-state index contributed by atoms with van der Waals surface area (Å²) in [6.07, 6.45) is 2.57. The number of para-hydroxylation sites is 1. The predicted molar refractivity (Wildman–Crippen MR) is 89.6 cm³/mol. The molecule has 1 aromatic heterocycles. The Morgan fingerprint density at radius 1 is 1.39 bits per heavy atom. The fourth-order valence-corrected chi connectivity index (χ4v) is 3.36. The molecular weight excluding hydrogens is 312 g/mol. The van der Waals surface area contributed by atoms with Gasteiger partial charge >= 0.3 is 0 Å². The number of likely N-dealkylation sites (N-methyl/N-ethyl adjacent to an activating group) is 1. The lowest BCUT2D eigenvalue weighted by molar-refractivity contribution is 0.0792. The van der Waals surface area contributed by atoms with Crippen LogP contribution in [0.5, 0.6) is 0 Å². The maximum Gasteiger partial charge on any atom is 0.286 e. The molecule has 2 aromatic rings. The van der Waals surface area contributed by atoms with Crippen LogP contribution < -0.4 is 5.32 Å². The van der Waals surface area contributed by atoms with Crippen molar-refractivity contribution in [1.82, 2.24) is 15.1 Å². The predicted octanol–water partition coefficient (Wildman–Crippen LogP) is 2.40. The van der Waals surface area contributed by atoms with Gasteiger partial charge in [0.25, 0.3) is 5.91 Å². The van der Waals surface area contributed by atoms with Crippen LogP contribution in [0.2, 0.25) is 0 Å². The quantitative estimate of drug-likeness (QED) is 0.880. The van der Waals surface area contributed by atoms with Crippen LogP contribution in [0.25, 0.3) is 0 Å². The summed E-state index contributed by atoms with van der Waals surface area (Å²) >= 11 is 1.33. The Labute approximate surface area is 139 Å². The van der Waals surface area contributed by atoms with Gasteiger partial charge in [0.05, 0.1) is 12.6 Å². The molecule has 1 N–H and O–H groups in total. The molecular formula is C16H20N4O2S. The van der Waals surface area contributed by atoms with E-state index < -0.39 is 0 Å². The zero-order chi connectivity index (χ0) is 16.1. The third kappa shape index (κ3) is 4.57. The van der Waals surface area contributed by atoms with Crippen LogP contribution in [-0.4, -0.2) is 47.3 Å². The fraction of sp³-hybridized carbons (Fsp3) is 0.438. The first-order valence-corrected chi connectivity index (χ1v) is 8.51. The molecule has 1 fully saturated rings. The third-order valence-electron chi connectivity index (χ3n) is 3.64. The molecule has 0 bridgehead atoms. The highest BCUT2D eigenvalue weighted by atomic mass is 32.1. The zero-order valence-corrected chi connectivity index (χ0v) is 13.9. The number of carbonyl (C=O) groups is 1. The van der Waals surface area contributed by atoms with E-state index in [0.29, 0.717) is 17.7 Å². The van der Waals surface area contributed by atoms with E-state index in [-0.39, 0.29) is 5.91 Å². The molecule has 3 rings (SSSR count). The molecule has 1 amide bonds. The third-order valence-corrected chi connectivity index (χ3v) is 4.54. The van der Waals surface area contributed by atoms with Crippen molar-refractivity contribution in [2.45, 2.75) is 25.5 Å². The highest BCUT2D eigenvalue weighted by Gasteiger charge is 2.19. The van der Waals surface area contributed by atoms with Crippen molar-refractivity contribution in [1.29, 1.82) is 0 Å². The number of anilines is 1. The van der Waals surface area contributed by atoms with E-state index in [1.165, 1.54) is 11.3 Å². The van der Waals surface area contributed by atoms with Gasteiger partial charge in [-0.1, -0.05) is 29.5 Å². The van der Waals surface area contributed by atoms with Crippen LogP contribution in [0.15, 0.2) is 30.3 Å². The SMILES string of the molecule is CN(Cc1nnc(C(=O)Nc2ccccc2)s1)C[C@@H]1CCCO1. The summed E-state index contributed by atoms with van der Waals surface area (Å²) in [4.78, 5) is 14.3. The Kier molecular flexibility index (Phi) is 5.32. The standard InChI is InChI=1S/C16H20N4O2S/c1-20(10-13-8-5-9-22-13)11-14-18-19-16(23-14)15(21)17-12-6-3-2-4-7-12/h2-4,6-7,13H,5,8-11H2,1H3,(H,17,21)/t13-/m0/s1. The molecule has 6 nitrogen and oxygen atoms in total. The van der Waals surface area contributed by atoms with Crippen LogP contribution in [0.1, 0.15) is 27.7 Å². The molecule has 0 unspecified atom stereocenters. The van der Waals surface area contributed by atoms with Crippen LogP contribution in [0, 0.1) is 0 Å². The average molecular weight is 332 g/mol. The Bertz CT molecular complexity index is 641. The number of ether oxygens (including phenoxy) is 1. The zero-order valence-electron chi connectivity index (χ0n) is 13.1. The number of nitrogens with zero attached hydrogens (tertiary/aromatic N) is 3. The molecule has 7 heteroatoms. The number of rotatable bonds is 6. The number of benzene rings is 1. The molecule has 1 aromatic carbocycles. The van der Waals surface area contributed by atoms with Crippen molar-refractivity contribution >= 4 is 22.9 Å². The molecule has 0 spiro atoms. The van der Waals surface area contributed by atoms with Crippen molar-refractivity contribution in [2.75, 3.05) is 25.5 Å². The molecule has 1 aliphatic rings. The van der Waals surface area contributed by atoms with Gasteiger partial charge in [-0.15, -0.1) is 10.2 Å². The molecule has 1 aliphatic heterocycles. The van der Waals surface area contributed by atoms with E-state index in [2.05, 4.69) is 20.4 Å². The summed E-state index contributed by atoms with van der Waals surface area (Å²) in [5, 5.41) is 12.2. The van der Waals surface area contributed by atoms with Crippen molar-refractivity contribution < 1.29 is 9.53 Å². The largest absolute Gasteiger partial charge is 0.377 e. The van der Waals surface area contributed by atoms with Crippen molar-refractivity contribution in [3.8, 4) is 0 Å². The average Bonchev–Trinajstić information content (AvgIpc) is 3.20. The van der Waals surface area contributed by atoms with E-state index in [1.807, 2.05) is 37.4 Å². The van der Waals surface area contributed by atoms with Crippen molar-refractivity contribution in [2.24, 2.45) is 0 Å². The summed E-state index contributed by atoms with van der Waals surface area (Å²) in [5.41, 5.74) is 0.754. The maximum absolute atomic E-state index is 12.2. The molecule has 1 atom stereocenters. The molecule has 0 radical (unpaired) electrons. The van der Waals surface area contributed by atoms with E-state index >= 15 is 0 Å². The van der Waals surface area contributed by atoms with Crippen LogP contribution in [0.3, 0.4) is 0 Å². The van der Waals surface area contributed by atoms with Crippen molar-refractivity contribution in [3.05, 3.63) is 40.3 Å².